The smallest absolute Gasteiger partial charge is 0.223 e. The number of hydrogen-bond acceptors (Lipinski definition) is 1. The fourth-order valence-corrected chi connectivity index (χ4v) is 4.17. The SMILES string of the molecule is CC1CCCC1C(=O)NCC1CCCC(Br)C1. The van der Waals surface area contributed by atoms with Crippen molar-refractivity contribution in [3.63, 3.8) is 0 Å². The van der Waals surface area contributed by atoms with Gasteiger partial charge in [-0.25, -0.2) is 0 Å². The second-order valence-electron chi connectivity index (χ2n) is 5.89. The molecule has 0 bridgehead atoms. The Bertz CT molecular complexity index is 269. The number of carbonyl (C=O) groups excluding carboxylic acids is 1. The van der Waals surface area contributed by atoms with Gasteiger partial charge in [-0.15, -0.1) is 0 Å². The second-order valence-corrected chi connectivity index (χ2v) is 7.18. The zero-order valence-electron chi connectivity index (χ0n) is 10.8. The van der Waals surface area contributed by atoms with Gasteiger partial charge < -0.3 is 5.32 Å². The Morgan fingerprint density at radius 1 is 1.24 bits per heavy atom. The molecule has 98 valence electrons. The predicted molar refractivity (Wildman–Crippen MR) is 74.2 cm³/mol. The fourth-order valence-electron chi connectivity index (χ4n) is 3.32. The van der Waals surface area contributed by atoms with Gasteiger partial charge in [0.05, 0.1) is 0 Å². The minimum Gasteiger partial charge on any atom is -0.356 e. The Labute approximate surface area is 113 Å². The Morgan fingerprint density at radius 3 is 2.65 bits per heavy atom. The quantitative estimate of drug-likeness (QED) is 0.794. The molecule has 0 aromatic heterocycles. The van der Waals surface area contributed by atoms with Gasteiger partial charge in [0.1, 0.15) is 0 Å². The number of nitrogens with one attached hydrogen (secondary N) is 1. The van der Waals surface area contributed by atoms with Gasteiger partial charge in [0.25, 0.3) is 0 Å². The van der Waals surface area contributed by atoms with Crippen LogP contribution in [0.3, 0.4) is 0 Å². The summed E-state index contributed by atoms with van der Waals surface area (Å²) in [6, 6.07) is 0. The van der Waals surface area contributed by atoms with Crippen LogP contribution in [-0.2, 0) is 4.79 Å². The maximum Gasteiger partial charge on any atom is 0.223 e. The van der Waals surface area contributed by atoms with Crippen molar-refractivity contribution >= 4 is 21.8 Å². The molecule has 0 aromatic carbocycles. The van der Waals surface area contributed by atoms with Crippen LogP contribution in [0.5, 0.6) is 0 Å². The highest BCUT2D eigenvalue weighted by Crippen LogP contribution is 2.32. The molecule has 4 atom stereocenters. The van der Waals surface area contributed by atoms with E-state index in [2.05, 4.69) is 28.2 Å². The van der Waals surface area contributed by atoms with Crippen LogP contribution < -0.4 is 5.32 Å². The van der Waals surface area contributed by atoms with E-state index in [0.717, 1.165) is 13.0 Å². The first-order chi connectivity index (χ1) is 8.16. The molecule has 4 unspecified atom stereocenters. The van der Waals surface area contributed by atoms with Crippen LogP contribution in [0, 0.1) is 17.8 Å². The lowest BCUT2D eigenvalue weighted by Gasteiger charge is -2.26. The van der Waals surface area contributed by atoms with Crippen molar-refractivity contribution in [3.05, 3.63) is 0 Å². The number of amides is 1. The fraction of sp³-hybridized carbons (Fsp3) is 0.929. The predicted octanol–water partition coefficient (Wildman–Crippen LogP) is 3.49. The molecule has 17 heavy (non-hydrogen) atoms. The Hall–Kier alpha value is -0.0500. The molecular weight excluding hydrogens is 278 g/mol. The molecule has 0 heterocycles. The van der Waals surface area contributed by atoms with Crippen molar-refractivity contribution < 1.29 is 4.79 Å². The average molecular weight is 302 g/mol. The average Bonchev–Trinajstić information content (AvgIpc) is 2.72. The first-order valence-corrected chi connectivity index (χ1v) is 8.00. The molecule has 0 radical (unpaired) electrons. The molecule has 2 nitrogen and oxygen atoms in total. The summed E-state index contributed by atoms with van der Waals surface area (Å²) in [6.07, 6.45) is 8.65. The molecule has 0 saturated heterocycles. The van der Waals surface area contributed by atoms with Crippen molar-refractivity contribution in [2.45, 2.75) is 56.7 Å². The summed E-state index contributed by atoms with van der Waals surface area (Å²) in [5.41, 5.74) is 0. The molecule has 3 heteroatoms. The molecule has 2 saturated carbocycles. The van der Waals surface area contributed by atoms with Crippen LogP contribution in [0.4, 0.5) is 0 Å². The van der Waals surface area contributed by atoms with Gasteiger partial charge in [-0.05, 0) is 43.9 Å². The van der Waals surface area contributed by atoms with Crippen LogP contribution in [0.1, 0.15) is 51.9 Å². The Morgan fingerprint density at radius 2 is 2.00 bits per heavy atom. The number of alkyl halides is 1. The summed E-state index contributed by atoms with van der Waals surface area (Å²) in [5, 5.41) is 3.19. The lowest BCUT2D eigenvalue weighted by atomic mass is 9.89. The zero-order chi connectivity index (χ0) is 12.3. The number of rotatable bonds is 3. The number of carbonyl (C=O) groups is 1. The highest BCUT2D eigenvalue weighted by atomic mass is 79.9. The summed E-state index contributed by atoms with van der Waals surface area (Å²) >= 11 is 3.70. The Kier molecular flexibility index (Phi) is 4.89. The summed E-state index contributed by atoms with van der Waals surface area (Å²) in [6.45, 7) is 3.11. The minimum atomic E-state index is 0.290. The molecule has 2 aliphatic carbocycles. The van der Waals surface area contributed by atoms with E-state index in [0.29, 0.717) is 28.5 Å². The van der Waals surface area contributed by atoms with Crippen molar-refractivity contribution in [2.75, 3.05) is 6.54 Å². The van der Waals surface area contributed by atoms with Crippen LogP contribution in [-0.4, -0.2) is 17.3 Å². The third kappa shape index (κ3) is 3.70. The molecule has 0 aliphatic heterocycles. The molecule has 1 amide bonds. The molecule has 2 fully saturated rings. The van der Waals surface area contributed by atoms with E-state index >= 15 is 0 Å². The van der Waals surface area contributed by atoms with E-state index < -0.39 is 0 Å². The maximum absolute atomic E-state index is 12.1. The molecule has 2 rings (SSSR count). The highest BCUT2D eigenvalue weighted by Gasteiger charge is 2.30. The first-order valence-electron chi connectivity index (χ1n) is 7.08. The normalized spacial score (nSPS) is 38.0. The van der Waals surface area contributed by atoms with Crippen molar-refractivity contribution in [1.29, 1.82) is 0 Å². The topological polar surface area (TPSA) is 29.1 Å². The largest absolute Gasteiger partial charge is 0.356 e. The van der Waals surface area contributed by atoms with Crippen LogP contribution >= 0.6 is 15.9 Å². The number of halogens is 1. The van der Waals surface area contributed by atoms with E-state index in [1.165, 1.54) is 38.5 Å². The van der Waals surface area contributed by atoms with Gasteiger partial charge in [-0.2, -0.15) is 0 Å². The number of hydrogen-bond donors (Lipinski definition) is 1. The standard InChI is InChI=1S/C14H24BrNO/c1-10-4-2-7-13(10)14(17)16-9-11-5-3-6-12(15)8-11/h10-13H,2-9H2,1H3,(H,16,17). The van der Waals surface area contributed by atoms with Gasteiger partial charge in [0, 0.05) is 17.3 Å². The third-order valence-electron chi connectivity index (χ3n) is 4.48. The third-order valence-corrected chi connectivity index (χ3v) is 5.31. The van der Waals surface area contributed by atoms with E-state index in [-0.39, 0.29) is 0 Å². The minimum absolute atomic E-state index is 0.290. The van der Waals surface area contributed by atoms with E-state index in [9.17, 15) is 4.79 Å². The van der Waals surface area contributed by atoms with Crippen LogP contribution in [0.15, 0.2) is 0 Å². The van der Waals surface area contributed by atoms with Gasteiger partial charge in [-0.3, -0.25) is 4.79 Å². The van der Waals surface area contributed by atoms with Gasteiger partial charge in [0.2, 0.25) is 5.91 Å². The van der Waals surface area contributed by atoms with Gasteiger partial charge in [0.15, 0.2) is 0 Å². The zero-order valence-corrected chi connectivity index (χ0v) is 12.3. The lowest BCUT2D eigenvalue weighted by molar-refractivity contribution is -0.126. The maximum atomic E-state index is 12.1. The van der Waals surface area contributed by atoms with Gasteiger partial charge >= 0.3 is 0 Å². The summed E-state index contributed by atoms with van der Waals surface area (Å²) in [5.74, 6) is 1.88. The van der Waals surface area contributed by atoms with E-state index in [1.54, 1.807) is 0 Å². The van der Waals surface area contributed by atoms with Gasteiger partial charge in [-0.1, -0.05) is 35.7 Å². The van der Waals surface area contributed by atoms with E-state index in [4.69, 9.17) is 0 Å². The second kappa shape index (κ2) is 6.21. The molecule has 0 spiro atoms. The first kappa shape index (κ1) is 13.4. The summed E-state index contributed by atoms with van der Waals surface area (Å²) in [7, 11) is 0. The summed E-state index contributed by atoms with van der Waals surface area (Å²) < 4.78 is 0. The molecular formula is C14H24BrNO. The van der Waals surface area contributed by atoms with Crippen molar-refractivity contribution in [2.24, 2.45) is 17.8 Å². The highest BCUT2D eigenvalue weighted by molar-refractivity contribution is 9.09. The Balaban J connectivity index is 1.72. The lowest BCUT2D eigenvalue weighted by Crippen LogP contribution is -2.36. The molecule has 1 N–H and O–H groups in total. The van der Waals surface area contributed by atoms with Crippen LogP contribution in [0.25, 0.3) is 0 Å². The monoisotopic (exact) mass is 301 g/mol. The van der Waals surface area contributed by atoms with Crippen molar-refractivity contribution in [3.8, 4) is 0 Å². The summed E-state index contributed by atoms with van der Waals surface area (Å²) in [4.78, 5) is 12.7. The van der Waals surface area contributed by atoms with Crippen LogP contribution in [0.2, 0.25) is 0 Å². The van der Waals surface area contributed by atoms with E-state index in [1.807, 2.05) is 0 Å². The molecule has 0 aromatic rings. The molecule has 2 aliphatic rings. The van der Waals surface area contributed by atoms with Crippen molar-refractivity contribution in [1.82, 2.24) is 5.32 Å².